The first-order valence-electron chi connectivity index (χ1n) is 6.08. The maximum Gasteiger partial charge on any atom is 0.317 e. The predicted octanol–water partition coefficient (Wildman–Crippen LogP) is 1.40. The molecule has 0 aliphatic heterocycles. The number of esters is 1. The van der Waals surface area contributed by atoms with Crippen molar-refractivity contribution in [3.63, 3.8) is 0 Å². The molecule has 6 heteroatoms. The van der Waals surface area contributed by atoms with E-state index in [4.69, 9.17) is 4.74 Å². The number of nitrogens with zero attached hydrogens (tertiary/aromatic N) is 2. The van der Waals surface area contributed by atoms with Crippen LogP contribution in [-0.2, 0) is 9.53 Å². The summed E-state index contributed by atoms with van der Waals surface area (Å²) in [5.74, 6) is -1.72. The van der Waals surface area contributed by atoms with Gasteiger partial charge < -0.3 is 4.74 Å². The Bertz CT molecular complexity index is 598. The molecule has 19 heavy (non-hydrogen) atoms. The Labute approximate surface area is 109 Å². The van der Waals surface area contributed by atoms with Crippen LogP contribution < -0.4 is 0 Å². The van der Waals surface area contributed by atoms with Gasteiger partial charge in [-0.05, 0) is 30.7 Å². The van der Waals surface area contributed by atoms with E-state index in [2.05, 4.69) is 4.98 Å². The first kappa shape index (κ1) is 11.8. The molecule has 0 aromatic carbocycles. The topological polar surface area (TPSA) is 82.3 Å². The van der Waals surface area contributed by atoms with Crippen LogP contribution in [0, 0.1) is 16.0 Å². The second-order valence-corrected chi connectivity index (χ2v) is 4.66. The van der Waals surface area contributed by atoms with Crippen LogP contribution in [0.1, 0.15) is 24.1 Å². The number of aromatic nitrogens is 1. The average Bonchev–Trinajstić information content (AvgIpc) is 3.10. The van der Waals surface area contributed by atoms with E-state index in [9.17, 15) is 14.9 Å². The number of hydrogen-bond donors (Lipinski definition) is 0. The summed E-state index contributed by atoms with van der Waals surface area (Å²) in [6.07, 6.45) is 4.73. The number of fused-ring (bicyclic) bond motifs is 3. The van der Waals surface area contributed by atoms with Gasteiger partial charge in [0.2, 0.25) is 0 Å². The van der Waals surface area contributed by atoms with Crippen molar-refractivity contribution in [1.29, 1.82) is 0 Å². The molecule has 1 heterocycles. The molecule has 0 unspecified atom stereocenters. The van der Waals surface area contributed by atoms with E-state index in [1.807, 2.05) is 0 Å². The molecule has 98 valence electrons. The van der Waals surface area contributed by atoms with Gasteiger partial charge in [0.25, 0.3) is 5.54 Å². The Morgan fingerprint density at radius 1 is 1.63 bits per heavy atom. The summed E-state index contributed by atoms with van der Waals surface area (Å²) < 4.78 is 4.95. The highest BCUT2D eigenvalue weighted by Crippen LogP contribution is 2.63. The highest BCUT2D eigenvalue weighted by Gasteiger charge is 2.80. The molecular weight excluding hydrogens is 248 g/mol. The summed E-state index contributed by atoms with van der Waals surface area (Å²) >= 11 is 0. The quantitative estimate of drug-likeness (QED) is 0.466. The van der Waals surface area contributed by atoms with Crippen molar-refractivity contribution in [2.45, 2.75) is 18.4 Å². The molecule has 2 aliphatic carbocycles. The van der Waals surface area contributed by atoms with E-state index >= 15 is 0 Å². The fourth-order valence-electron chi connectivity index (χ4n) is 2.92. The predicted molar refractivity (Wildman–Crippen MR) is 65.9 cm³/mol. The van der Waals surface area contributed by atoms with E-state index in [0.717, 1.165) is 5.56 Å². The Balaban J connectivity index is 2.05. The van der Waals surface area contributed by atoms with Gasteiger partial charge in [0.15, 0.2) is 0 Å². The number of nitro groups is 1. The molecule has 1 fully saturated rings. The van der Waals surface area contributed by atoms with Gasteiger partial charge in [-0.3, -0.25) is 19.9 Å². The minimum absolute atomic E-state index is 0.222. The van der Waals surface area contributed by atoms with Crippen LogP contribution in [0.25, 0.3) is 6.08 Å². The number of rotatable bonds is 3. The molecule has 3 atom stereocenters. The molecule has 3 rings (SSSR count). The first-order valence-corrected chi connectivity index (χ1v) is 6.08. The number of hydrogen-bond acceptors (Lipinski definition) is 5. The molecule has 1 saturated carbocycles. The molecule has 0 spiro atoms. The number of ether oxygens (including phenoxy) is 1. The van der Waals surface area contributed by atoms with Crippen molar-refractivity contribution in [3.05, 3.63) is 45.8 Å². The maximum absolute atomic E-state index is 11.9. The number of pyridine rings is 1. The van der Waals surface area contributed by atoms with Crippen LogP contribution in [0.2, 0.25) is 0 Å². The molecule has 1 aromatic heterocycles. The average molecular weight is 260 g/mol. The largest absolute Gasteiger partial charge is 0.466 e. The van der Waals surface area contributed by atoms with Crippen molar-refractivity contribution in [1.82, 2.24) is 4.98 Å². The molecule has 0 N–H and O–H groups in total. The summed E-state index contributed by atoms with van der Waals surface area (Å²) in [5.41, 5.74) is 0.0963. The van der Waals surface area contributed by atoms with E-state index in [0.29, 0.717) is 5.69 Å². The van der Waals surface area contributed by atoms with Crippen molar-refractivity contribution < 1.29 is 14.5 Å². The zero-order valence-corrected chi connectivity index (χ0v) is 10.3. The summed E-state index contributed by atoms with van der Waals surface area (Å²) in [7, 11) is 0. The van der Waals surface area contributed by atoms with E-state index in [1.54, 1.807) is 31.3 Å². The lowest BCUT2D eigenvalue weighted by atomic mass is 9.99. The van der Waals surface area contributed by atoms with E-state index in [1.165, 1.54) is 6.08 Å². The summed E-state index contributed by atoms with van der Waals surface area (Å²) in [4.78, 5) is 27.1. The summed E-state index contributed by atoms with van der Waals surface area (Å²) in [6.45, 7) is 1.91. The van der Waals surface area contributed by atoms with Crippen LogP contribution in [0.4, 0.5) is 0 Å². The Kier molecular flexibility index (Phi) is 2.41. The Morgan fingerprint density at radius 2 is 2.42 bits per heavy atom. The van der Waals surface area contributed by atoms with Crippen LogP contribution in [-0.4, -0.2) is 28.0 Å². The molecule has 0 bridgehead atoms. The van der Waals surface area contributed by atoms with Crippen molar-refractivity contribution in [3.8, 4) is 0 Å². The molecule has 0 amide bonds. The van der Waals surface area contributed by atoms with Gasteiger partial charge >= 0.3 is 5.97 Å². The van der Waals surface area contributed by atoms with Gasteiger partial charge in [-0.2, -0.15) is 0 Å². The highest BCUT2D eigenvalue weighted by molar-refractivity contribution is 5.84. The Hall–Kier alpha value is -2.24. The van der Waals surface area contributed by atoms with Crippen LogP contribution in [0.5, 0.6) is 0 Å². The van der Waals surface area contributed by atoms with Gasteiger partial charge in [-0.1, -0.05) is 6.07 Å². The SMILES string of the molecule is CCOC(=O)[C@H]1[C@@H]2c3cccnc3C=C[C@]12[N+](=O)[O-]. The second-order valence-electron chi connectivity index (χ2n) is 4.66. The van der Waals surface area contributed by atoms with Crippen molar-refractivity contribution in [2.75, 3.05) is 6.61 Å². The fraction of sp³-hybridized carbons (Fsp3) is 0.385. The van der Waals surface area contributed by atoms with Gasteiger partial charge in [0, 0.05) is 11.1 Å². The van der Waals surface area contributed by atoms with E-state index in [-0.39, 0.29) is 11.5 Å². The highest BCUT2D eigenvalue weighted by atomic mass is 16.6. The molecule has 0 radical (unpaired) electrons. The summed E-state index contributed by atoms with van der Waals surface area (Å²) in [6, 6.07) is 3.51. The zero-order valence-electron chi connectivity index (χ0n) is 10.3. The number of carbonyl (C=O) groups is 1. The Morgan fingerprint density at radius 3 is 3.11 bits per heavy atom. The third-order valence-electron chi connectivity index (χ3n) is 3.79. The van der Waals surface area contributed by atoms with Crippen LogP contribution >= 0.6 is 0 Å². The minimum atomic E-state index is -1.34. The van der Waals surface area contributed by atoms with Gasteiger partial charge in [-0.15, -0.1) is 0 Å². The standard InChI is InChI=1S/C13H12N2O4/c1-2-19-12(16)11-10-8-4-3-7-14-9(8)5-6-13(10,11)15(17)18/h3-7,10-11H,2H2,1H3/t10-,11+,13+/m0/s1. The minimum Gasteiger partial charge on any atom is -0.466 e. The lowest BCUT2D eigenvalue weighted by molar-refractivity contribution is -0.528. The van der Waals surface area contributed by atoms with Crippen molar-refractivity contribution in [2.24, 2.45) is 5.92 Å². The van der Waals surface area contributed by atoms with Gasteiger partial charge in [-0.25, -0.2) is 0 Å². The number of carbonyl (C=O) groups excluding carboxylic acids is 1. The van der Waals surface area contributed by atoms with E-state index < -0.39 is 23.3 Å². The molecule has 0 saturated heterocycles. The lowest BCUT2D eigenvalue weighted by Crippen LogP contribution is -2.27. The van der Waals surface area contributed by atoms with Gasteiger partial charge in [0.05, 0.1) is 18.2 Å². The third kappa shape index (κ3) is 1.43. The maximum atomic E-state index is 11.9. The zero-order chi connectivity index (χ0) is 13.6. The van der Waals surface area contributed by atoms with Crippen LogP contribution in [0.15, 0.2) is 24.4 Å². The fourth-order valence-corrected chi connectivity index (χ4v) is 2.92. The summed E-state index contributed by atoms with van der Waals surface area (Å²) in [5, 5.41) is 11.4. The smallest absolute Gasteiger partial charge is 0.317 e. The van der Waals surface area contributed by atoms with Gasteiger partial charge in [0.1, 0.15) is 5.92 Å². The van der Waals surface area contributed by atoms with Crippen LogP contribution in [0.3, 0.4) is 0 Å². The second kappa shape index (κ2) is 3.88. The first-order chi connectivity index (χ1) is 9.13. The molecular formula is C13H12N2O4. The monoisotopic (exact) mass is 260 g/mol. The molecule has 2 aliphatic rings. The molecule has 6 nitrogen and oxygen atoms in total. The lowest BCUT2D eigenvalue weighted by Gasteiger charge is -2.10. The molecule has 1 aromatic rings. The normalized spacial score (nSPS) is 30.2. The third-order valence-corrected chi connectivity index (χ3v) is 3.79. The van der Waals surface area contributed by atoms with Crippen molar-refractivity contribution >= 4 is 12.0 Å².